The first-order valence-corrected chi connectivity index (χ1v) is 5.72. The molecule has 1 aromatic heterocycles. The summed E-state index contributed by atoms with van der Waals surface area (Å²) in [6.45, 7) is 6.70. The number of rotatable bonds is 7. The Hall–Kier alpha value is -1.88. The molecule has 0 aliphatic carbocycles. The van der Waals surface area contributed by atoms with Gasteiger partial charge in [-0.25, -0.2) is 9.78 Å². The maximum atomic E-state index is 11.3. The van der Waals surface area contributed by atoms with Gasteiger partial charge in [0.05, 0.1) is 13.7 Å². The Morgan fingerprint density at radius 2 is 2.33 bits per heavy atom. The Bertz CT molecular complexity index is 418. The third kappa shape index (κ3) is 4.18. The third-order valence-corrected chi connectivity index (χ3v) is 2.26. The highest BCUT2D eigenvalue weighted by Gasteiger charge is 2.08. The number of methoxy groups -OCH3 is 1. The van der Waals surface area contributed by atoms with Crippen molar-refractivity contribution < 1.29 is 14.3 Å². The molecule has 0 saturated carbocycles. The molecule has 0 bridgehead atoms. The SMILES string of the molecule is C=C(CNCc1cccnc1OC)C(=O)OCC. The number of hydrogen-bond acceptors (Lipinski definition) is 5. The Balaban J connectivity index is 2.42. The van der Waals surface area contributed by atoms with Crippen LogP contribution < -0.4 is 10.1 Å². The number of nitrogens with zero attached hydrogens (tertiary/aromatic N) is 1. The Labute approximate surface area is 107 Å². The molecule has 1 N–H and O–H groups in total. The van der Waals surface area contributed by atoms with Gasteiger partial charge in [-0.15, -0.1) is 0 Å². The fourth-order valence-electron chi connectivity index (χ4n) is 1.40. The Morgan fingerprint density at radius 1 is 1.56 bits per heavy atom. The fourth-order valence-corrected chi connectivity index (χ4v) is 1.40. The van der Waals surface area contributed by atoms with Crippen LogP contribution in [0.15, 0.2) is 30.5 Å². The lowest BCUT2D eigenvalue weighted by atomic mass is 10.2. The van der Waals surface area contributed by atoms with E-state index in [-0.39, 0.29) is 5.97 Å². The van der Waals surface area contributed by atoms with Gasteiger partial charge >= 0.3 is 5.97 Å². The van der Waals surface area contributed by atoms with E-state index in [9.17, 15) is 4.79 Å². The molecule has 1 heterocycles. The second kappa shape index (κ2) is 7.45. The van der Waals surface area contributed by atoms with Crippen molar-refractivity contribution in [1.29, 1.82) is 0 Å². The van der Waals surface area contributed by atoms with E-state index in [1.165, 1.54) is 0 Å². The van der Waals surface area contributed by atoms with Crippen LogP contribution in [0.2, 0.25) is 0 Å². The van der Waals surface area contributed by atoms with Crippen LogP contribution in [0.1, 0.15) is 12.5 Å². The van der Waals surface area contributed by atoms with Crippen LogP contribution in [0.5, 0.6) is 5.88 Å². The Kier molecular flexibility index (Phi) is 5.87. The van der Waals surface area contributed by atoms with E-state index >= 15 is 0 Å². The van der Waals surface area contributed by atoms with Crippen LogP contribution >= 0.6 is 0 Å². The van der Waals surface area contributed by atoms with E-state index in [2.05, 4.69) is 16.9 Å². The number of pyridine rings is 1. The molecule has 5 heteroatoms. The highest BCUT2D eigenvalue weighted by molar-refractivity contribution is 5.88. The highest BCUT2D eigenvalue weighted by Crippen LogP contribution is 2.12. The molecule has 98 valence electrons. The van der Waals surface area contributed by atoms with E-state index in [0.29, 0.717) is 31.1 Å². The zero-order valence-corrected chi connectivity index (χ0v) is 10.7. The van der Waals surface area contributed by atoms with Gasteiger partial charge in [0, 0.05) is 30.4 Å². The molecular formula is C13H18N2O3. The summed E-state index contributed by atoms with van der Waals surface area (Å²) in [5.41, 5.74) is 1.33. The van der Waals surface area contributed by atoms with Crippen molar-refractivity contribution in [2.24, 2.45) is 0 Å². The topological polar surface area (TPSA) is 60.5 Å². The number of hydrogen-bond donors (Lipinski definition) is 1. The van der Waals surface area contributed by atoms with E-state index < -0.39 is 0 Å². The zero-order chi connectivity index (χ0) is 13.4. The molecule has 1 aromatic rings. The molecular weight excluding hydrogens is 232 g/mol. The van der Waals surface area contributed by atoms with Crippen molar-refractivity contribution >= 4 is 5.97 Å². The summed E-state index contributed by atoms with van der Waals surface area (Å²) in [6.07, 6.45) is 1.67. The summed E-state index contributed by atoms with van der Waals surface area (Å²) in [7, 11) is 1.57. The van der Waals surface area contributed by atoms with Crippen molar-refractivity contribution in [1.82, 2.24) is 10.3 Å². The molecule has 0 aliphatic heterocycles. The largest absolute Gasteiger partial charge is 0.481 e. The van der Waals surface area contributed by atoms with E-state index in [1.807, 2.05) is 12.1 Å². The first-order valence-electron chi connectivity index (χ1n) is 5.72. The molecule has 0 fully saturated rings. The van der Waals surface area contributed by atoms with Crippen LogP contribution in [0.4, 0.5) is 0 Å². The van der Waals surface area contributed by atoms with E-state index in [0.717, 1.165) is 5.56 Å². The number of carbonyl (C=O) groups excluding carboxylic acids is 1. The van der Waals surface area contributed by atoms with Gasteiger partial charge in [-0.1, -0.05) is 12.6 Å². The minimum absolute atomic E-state index is 0.355. The van der Waals surface area contributed by atoms with Crippen molar-refractivity contribution in [3.8, 4) is 5.88 Å². The monoisotopic (exact) mass is 250 g/mol. The standard InChI is InChI=1S/C13H18N2O3/c1-4-18-13(16)10(2)8-14-9-11-6-5-7-15-12(11)17-3/h5-7,14H,2,4,8-9H2,1,3H3. The first-order chi connectivity index (χ1) is 8.69. The second-order valence-electron chi connectivity index (χ2n) is 3.60. The number of carbonyl (C=O) groups is 1. The van der Waals surface area contributed by atoms with Gasteiger partial charge in [-0.2, -0.15) is 0 Å². The van der Waals surface area contributed by atoms with Gasteiger partial charge in [0.25, 0.3) is 0 Å². The molecule has 5 nitrogen and oxygen atoms in total. The molecule has 0 radical (unpaired) electrons. The number of ether oxygens (including phenoxy) is 2. The molecule has 0 spiro atoms. The maximum Gasteiger partial charge on any atom is 0.334 e. The van der Waals surface area contributed by atoms with Crippen LogP contribution in [-0.4, -0.2) is 31.2 Å². The van der Waals surface area contributed by atoms with Crippen molar-refractivity contribution in [3.63, 3.8) is 0 Å². The Morgan fingerprint density at radius 3 is 3.00 bits per heavy atom. The minimum atomic E-state index is -0.372. The summed E-state index contributed by atoms with van der Waals surface area (Å²) in [5, 5.41) is 3.10. The van der Waals surface area contributed by atoms with Crippen molar-refractivity contribution in [2.45, 2.75) is 13.5 Å². The number of aromatic nitrogens is 1. The average Bonchev–Trinajstić information content (AvgIpc) is 2.39. The van der Waals surface area contributed by atoms with Gasteiger partial charge < -0.3 is 14.8 Å². The predicted molar refractivity (Wildman–Crippen MR) is 68.3 cm³/mol. The number of nitrogens with one attached hydrogen (secondary N) is 1. The summed E-state index contributed by atoms with van der Waals surface area (Å²) in [4.78, 5) is 15.4. The third-order valence-electron chi connectivity index (χ3n) is 2.26. The van der Waals surface area contributed by atoms with Crippen molar-refractivity contribution in [2.75, 3.05) is 20.3 Å². The minimum Gasteiger partial charge on any atom is -0.481 e. The van der Waals surface area contributed by atoms with E-state index in [1.54, 1.807) is 20.2 Å². The highest BCUT2D eigenvalue weighted by atomic mass is 16.5. The molecule has 0 atom stereocenters. The molecule has 1 rings (SSSR count). The molecule has 0 aliphatic rings. The molecule has 18 heavy (non-hydrogen) atoms. The molecule has 0 aromatic carbocycles. The molecule has 0 unspecified atom stereocenters. The maximum absolute atomic E-state index is 11.3. The van der Waals surface area contributed by atoms with Crippen LogP contribution in [0, 0.1) is 0 Å². The second-order valence-corrected chi connectivity index (χ2v) is 3.60. The summed E-state index contributed by atoms with van der Waals surface area (Å²) in [6, 6.07) is 3.74. The van der Waals surface area contributed by atoms with Crippen LogP contribution in [0.3, 0.4) is 0 Å². The summed E-state index contributed by atoms with van der Waals surface area (Å²) in [5.74, 6) is 0.204. The van der Waals surface area contributed by atoms with Crippen LogP contribution in [-0.2, 0) is 16.1 Å². The predicted octanol–water partition coefficient (Wildman–Crippen LogP) is 1.30. The lowest BCUT2D eigenvalue weighted by Crippen LogP contribution is -2.21. The molecule has 0 amide bonds. The lowest BCUT2D eigenvalue weighted by molar-refractivity contribution is -0.138. The van der Waals surface area contributed by atoms with Gasteiger partial charge in [-0.05, 0) is 13.0 Å². The zero-order valence-electron chi connectivity index (χ0n) is 10.7. The smallest absolute Gasteiger partial charge is 0.334 e. The van der Waals surface area contributed by atoms with Gasteiger partial charge in [0.1, 0.15) is 0 Å². The fraction of sp³-hybridized carbons (Fsp3) is 0.385. The van der Waals surface area contributed by atoms with E-state index in [4.69, 9.17) is 9.47 Å². The van der Waals surface area contributed by atoms with Gasteiger partial charge in [-0.3, -0.25) is 0 Å². The molecule has 0 saturated heterocycles. The van der Waals surface area contributed by atoms with Crippen LogP contribution in [0.25, 0.3) is 0 Å². The summed E-state index contributed by atoms with van der Waals surface area (Å²) < 4.78 is 9.96. The first kappa shape index (κ1) is 14.2. The summed E-state index contributed by atoms with van der Waals surface area (Å²) >= 11 is 0. The average molecular weight is 250 g/mol. The normalized spacial score (nSPS) is 9.89. The van der Waals surface area contributed by atoms with Crippen molar-refractivity contribution in [3.05, 3.63) is 36.0 Å². The quantitative estimate of drug-likeness (QED) is 0.584. The lowest BCUT2D eigenvalue weighted by Gasteiger charge is -2.09. The van der Waals surface area contributed by atoms with Gasteiger partial charge in [0.15, 0.2) is 0 Å². The number of esters is 1. The van der Waals surface area contributed by atoms with Gasteiger partial charge in [0.2, 0.25) is 5.88 Å².